The molecule has 0 aromatic carbocycles. The summed E-state index contributed by atoms with van der Waals surface area (Å²) in [6.45, 7) is 3.27. The molecule has 0 heterocycles. The number of rotatable bonds is 40. The molecule has 56 heavy (non-hydrogen) atoms. The maximum absolute atomic E-state index is 12.6. The number of hydrogen-bond acceptors (Lipinski definition) is 8. The van der Waals surface area contributed by atoms with Gasteiger partial charge in [-0.05, 0) is 89.9 Å². The summed E-state index contributed by atoms with van der Waals surface area (Å²) in [6, 6.07) is 0. The van der Waals surface area contributed by atoms with Gasteiger partial charge >= 0.3 is 13.8 Å². The fourth-order valence-corrected chi connectivity index (χ4v) is 6.08. The Balaban J connectivity index is 4.27. The number of carbonyl (C=O) groups excluding carboxylic acids is 1. The zero-order valence-corrected chi connectivity index (χ0v) is 36.0. The standard InChI is InChI=1S/C46H79O9P/c1-3-5-7-9-11-13-15-17-19-20-21-22-23-25-27-29-31-33-35-37-39-52-42-45(43-54-56(50,51)53-41-44(48)40-47)55-46(49)38-36-34-32-30-28-26-24-18-16-14-12-10-8-6-4-2/h5,7,11-14,17-19,21-22,24-25,27,44-45,47-48H,3-4,6,8-10,15-16,20,23,26,28-43H2,1-2H3,(H,50,51)/b7-5-,13-11-,14-12-,19-17-,22-21-,24-18-,27-25-. The van der Waals surface area contributed by atoms with Crippen LogP contribution in [-0.4, -0.2) is 66.3 Å². The summed E-state index contributed by atoms with van der Waals surface area (Å²) in [5.74, 6) is -0.410. The number of esters is 1. The molecule has 0 spiro atoms. The highest BCUT2D eigenvalue weighted by Gasteiger charge is 2.26. The summed E-state index contributed by atoms with van der Waals surface area (Å²) in [5, 5.41) is 18.3. The van der Waals surface area contributed by atoms with Crippen molar-refractivity contribution in [1.82, 2.24) is 0 Å². The fraction of sp³-hybridized carbons (Fsp3) is 0.674. The van der Waals surface area contributed by atoms with Gasteiger partial charge in [0.2, 0.25) is 0 Å². The van der Waals surface area contributed by atoms with Crippen molar-refractivity contribution in [2.24, 2.45) is 0 Å². The van der Waals surface area contributed by atoms with E-state index in [0.717, 1.165) is 103 Å². The van der Waals surface area contributed by atoms with E-state index in [1.54, 1.807) is 0 Å². The first-order valence-corrected chi connectivity index (χ1v) is 23.1. The summed E-state index contributed by atoms with van der Waals surface area (Å²) in [6.07, 6.45) is 51.1. The second-order valence-electron chi connectivity index (χ2n) is 14.0. The lowest BCUT2D eigenvalue weighted by Crippen LogP contribution is -2.29. The smallest absolute Gasteiger partial charge is 0.457 e. The largest absolute Gasteiger partial charge is 0.472 e. The third-order valence-corrected chi connectivity index (χ3v) is 9.52. The summed E-state index contributed by atoms with van der Waals surface area (Å²) in [7, 11) is -4.53. The third-order valence-electron chi connectivity index (χ3n) is 8.56. The van der Waals surface area contributed by atoms with E-state index in [1.165, 1.54) is 25.7 Å². The molecule has 0 fully saturated rings. The number of phosphoric ester groups is 1. The molecule has 0 rings (SSSR count). The van der Waals surface area contributed by atoms with Crippen LogP contribution >= 0.6 is 7.82 Å². The van der Waals surface area contributed by atoms with Gasteiger partial charge in [-0.3, -0.25) is 13.8 Å². The molecule has 0 saturated heterocycles. The second-order valence-corrected chi connectivity index (χ2v) is 15.4. The van der Waals surface area contributed by atoms with Gasteiger partial charge in [0.25, 0.3) is 0 Å². The average molecular weight is 807 g/mol. The lowest BCUT2D eigenvalue weighted by atomic mass is 10.1. The summed E-state index contributed by atoms with van der Waals surface area (Å²) in [4.78, 5) is 22.6. The molecule has 0 aliphatic heterocycles. The molecule has 0 saturated carbocycles. The molecular formula is C46H79O9P. The second kappa shape index (κ2) is 42.3. The molecule has 0 aliphatic carbocycles. The van der Waals surface area contributed by atoms with Crippen molar-refractivity contribution in [2.45, 2.75) is 167 Å². The van der Waals surface area contributed by atoms with Gasteiger partial charge in [0.15, 0.2) is 0 Å². The van der Waals surface area contributed by atoms with E-state index >= 15 is 0 Å². The maximum atomic E-state index is 12.6. The van der Waals surface area contributed by atoms with E-state index in [0.29, 0.717) is 13.0 Å². The van der Waals surface area contributed by atoms with Crippen LogP contribution in [0.3, 0.4) is 0 Å². The lowest BCUT2D eigenvalue weighted by molar-refractivity contribution is -0.154. The molecule has 3 N–H and O–H groups in total. The van der Waals surface area contributed by atoms with Gasteiger partial charge in [0.1, 0.15) is 12.2 Å². The summed E-state index contributed by atoms with van der Waals surface area (Å²) in [5.41, 5.74) is 0. The highest BCUT2D eigenvalue weighted by atomic mass is 31.2. The maximum Gasteiger partial charge on any atom is 0.472 e. The Morgan fingerprint density at radius 2 is 1.02 bits per heavy atom. The zero-order valence-electron chi connectivity index (χ0n) is 35.1. The Morgan fingerprint density at radius 1 is 0.571 bits per heavy atom. The van der Waals surface area contributed by atoms with Gasteiger partial charge in [-0.1, -0.05) is 144 Å². The Labute approximate surface area is 341 Å². The van der Waals surface area contributed by atoms with E-state index < -0.39 is 45.8 Å². The van der Waals surface area contributed by atoms with Crippen LogP contribution in [0, 0.1) is 0 Å². The normalized spacial score (nSPS) is 14.9. The zero-order chi connectivity index (χ0) is 41.1. The Morgan fingerprint density at radius 3 is 1.54 bits per heavy atom. The van der Waals surface area contributed by atoms with Crippen LogP contribution in [0.15, 0.2) is 85.1 Å². The molecule has 3 unspecified atom stereocenters. The number of hydrogen-bond donors (Lipinski definition) is 3. The van der Waals surface area contributed by atoms with Gasteiger partial charge in [-0.25, -0.2) is 4.57 Å². The van der Waals surface area contributed by atoms with E-state index in [-0.39, 0.29) is 13.0 Å². The number of phosphoric acid groups is 1. The number of ether oxygens (including phenoxy) is 2. The van der Waals surface area contributed by atoms with Crippen LogP contribution in [-0.2, 0) is 27.9 Å². The van der Waals surface area contributed by atoms with E-state index in [4.69, 9.17) is 23.6 Å². The van der Waals surface area contributed by atoms with Crippen LogP contribution in [0.5, 0.6) is 0 Å². The SMILES string of the molecule is CC/C=C\C/C=C\C/C=C\C/C=C\C/C=C\CCCCCCOCC(COP(=O)(O)OCC(O)CO)OC(=O)CCCCCCC/C=C\C/C=C\CCCCC. The van der Waals surface area contributed by atoms with Crippen LogP contribution in [0.25, 0.3) is 0 Å². The number of unbranched alkanes of at least 4 members (excludes halogenated alkanes) is 12. The van der Waals surface area contributed by atoms with Gasteiger partial charge in [0.05, 0.1) is 26.4 Å². The minimum atomic E-state index is -4.53. The van der Waals surface area contributed by atoms with Crippen LogP contribution < -0.4 is 0 Å². The van der Waals surface area contributed by atoms with Gasteiger partial charge in [-0.2, -0.15) is 0 Å². The Hall–Kier alpha value is -2.36. The van der Waals surface area contributed by atoms with Crippen molar-refractivity contribution in [1.29, 1.82) is 0 Å². The van der Waals surface area contributed by atoms with Crippen LogP contribution in [0.2, 0.25) is 0 Å². The van der Waals surface area contributed by atoms with Crippen molar-refractivity contribution in [3.63, 3.8) is 0 Å². The molecule has 0 amide bonds. The third kappa shape index (κ3) is 41.3. The predicted molar refractivity (Wildman–Crippen MR) is 232 cm³/mol. The fourth-order valence-electron chi connectivity index (χ4n) is 5.29. The molecule has 0 bridgehead atoms. The van der Waals surface area contributed by atoms with Crippen LogP contribution in [0.1, 0.15) is 155 Å². The highest BCUT2D eigenvalue weighted by molar-refractivity contribution is 7.47. The van der Waals surface area contributed by atoms with Crippen molar-refractivity contribution >= 4 is 13.8 Å². The quantitative estimate of drug-likeness (QED) is 0.0240. The first-order chi connectivity index (χ1) is 27.3. The number of aliphatic hydroxyl groups excluding tert-OH is 2. The summed E-state index contributed by atoms with van der Waals surface area (Å²) < 4.78 is 33.3. The van der Waals surface area contributed by atoms with Gasteiger partial charge in [0, 0.05) is 13.0 Å². The van der Waals surface area contributed by atoms with Gasteiger partial charge in [-0.15, -0.1) is 0 Å². The van der Waals surface area contributed by atoms with Crippen molar-refractivity contribution in [3.05, 3.63) is 85.1 Å². The first kappa shape index (κ1) is 53.6. The minimum absolute atomic E-state index is 0.0210. The predicted octanol–water partition coefficient (Wildman–Crippen LogP) is 11.9. The number of allylic oxidation sites excluding steroid dienone is 14. The van der Waals surface area contributed by atoms with Gasteiger partial charge < -0.3 is 24.6 Å². The minimum Gasteiger partial charge on any atom is -0.457 e. The van der Waals surface area contributed by atoms with Crippen molar-refractivity contribution in [2.75, 3.05) is 33.0 Å². The molecule has 322 valence electrons. The molecule has 0 radical (unpaired) electrons. The number of carbonyl (C=O) groups is 1. The molecule has 0 aromatic rings. The molecule has 0 aromatic heterocycles. The molecule has 3 atom stereocenters. The number of aliphatic hydroxyl groups is 2. The van der Waals surface area contributed by atoms with Crippen molar-refractivity contribution in [3.8, 4) is 0 Å². The monoisotopic (exact) mass is 807 g/mol. The van der Waals surface area contributed by atoms with E-state index in [1.807, 2.05) is 0 Å². The van der Waals surface area contributed by atoms with Crippen LogP contribution in [0.4, 0.5) is 0 Å². The molecule has 9 nitrogen and oxygen atoms in total. The average Bonchev–Trinajstić information content (AvgIpc) is 3.19. The Bertz CT molecular complexity index is 1140. The molecule has 10 heteroatoms. The van der Waals surface area contributed by atoms with E-state index in [9.17, 15) is 19.4 Å². The first-order valence-electron chi connectivity index (χ1n) is 21.6. The van der Waals surface area contributed by atoms with E-state index in [2.05, 4.69) is 98.9 Å². The lowest BCUT2D eigenvalue weighted by Gasteiger charge is -2.20. The summed E-state index contributed by atoms with van der Waals surface area (Å²) >= 11 is 0. The Kier molecular flexibility index (Phi) is 40.5. The highest BCUT2D eigenvalue weighted by Crippen LogP contribution is 2.43. The van der Waals surface area contributed by atoms with Crippen molar-refractivity contribution < 1.29 is 43.0 Å². The molecular weight excluding hydrogens is 727 g/mol. The topological polar surface area (TPSA) is 132 Å². The molecule has 0 aliphatic rings.